The molecule has 0 heterocycles. The molecule has 1 amide bonds. The van der Waals surface area contributed by atoms with E-state index in [1.807, 2.05) is 0 Å². The second-order valence-corrected chi connectivity index (χ2v) is 3.84. The lowest BCUT2D eigenvalue weighted by atomic mass is 10.2. The first-order valence-corrected chi connectivity index (χ1v) is 5.50. The number of hydrogen-bond donors (Lipinski definition) is 1. The molecule has 0 radical (unpaired) electrons. The highest BCUT2D eigenvalue weighted by atomic mass is 19.2. The van der Waals surface area contributed by atoms with Crippen molar-refractivity contribution >= 4 is 5.91 Å². The molecule has 6 heteroatoms. The molecule has 0 unspecified atom stereocenters. The molecule has 0 aliphatic heterocycles. The largest absolute Gasteiger partial charge is 0.370 e. The van der Waals surface area contributed by atoms with E-state index in [9.17, 15) is 13.6 Å². The molecule has 1 aromatic rings. The maximum absolute atomic E-state index is 13.0. The van der Waals surface area contributed by atoms with Gasteiger partial charge in [0.2, 0.25) is 5.91 Å². The average Bonchev–Trinajstić information content (AvgIpc) is 2.34. The Morgan fingerprint density at radius 1 is 1.39 bits per heavy atom. The zero-order valence-electron chi connectivity index (χ0n) is 10.2. The summed E-state index contributed by atoms with van der Waals surface area (Å²) in [5, 5.41) is 0. The van der Waals surface area contributed by atoms with E-state index in [-0.39, 0.29) is 19.1 Å². The quantitative estimate of drug-likeness (QED) is 0.771. The number of likely N-dealkylation sites (N-methyl/N-ethyl adjacent to an activating group) is 1. The van der Waals surface area contributed by atoms with Gasteiger partial charge in [0, 0.05) is 20.1 Å². The predicted molar refractivity (Wildman–Crippen MR) is 62.7 cm³/mol. The summed E-state index contributed by atoms with van der Waals surface area (Å²) in [5.41, 5.74) is 5.74. The van der Waals surface area contributed by atoms with Gasteiger partial charge in [-0.3, -0.25) is 4.79 Å². The molecule has 1 rings (SSSR count). The number of carbonyl (C=O) groups is 1. The van der Waals surface area contributed by atoms with Gasteiger partial charge in [-0.1, -0.05) is 6.07 Å². The number of nitrogens with zero attached hydrogens (tertiary/aromatic N) is 1. The van der Waals surface area contributed by atoms with Gasteiger partial charge in [0.25, 0.3) is 0 Å². The molecular formula is C12H16F2N2O2. The fourth-order valence-corrected chi connectivity index (χ4v) is 1.35. The maximum atomic E-state index is 13.0. The summed E-state index contributed by atoms with van der Waals surface area (Å²) in [4.78, 5) is 12.9. The Kier molecular flexibility index (Phi) is 5.67. The second kappa shape index (κ2) is 7.03. The Labute approximate surface area is 104 Å². The minimum absolute atomic E-state index is 0.0720. The van der Waals surface area contributed by atoms with Crippen LogP contribution in [-0.2, 0) is 16.1 Å². The second-order valence-electron chi connectivity index (χ2n) is 3.84. The van der Waals surface area contributed by atoms with Crippen molar-refractivity contribution in [2.75, 3.05) is 26.8 Å². The summed E-state index contributed by atoms with van der Waals surface area (Å²) < 4.78 is 30.7. The van der Waals surface area contributed by atoms with E-state index >= 15 is 0 Å². The first-order chi connectivity index (χ1) is 8.54. The van der Waals surface area contributed by atoms with E-state index in [0.29, 0.717) is 18.7 Å². The summed E-state index contributed by atoms with van der Waals surface area (Å²) in [5.74, 6) is -2.07. The van der Waals surface area contributed by atoms with Gasteiger partial charge in [0.15, 0.2) is 11.6 Å². The van der Waals surface area contributed by atoms with Crippen LogP contribution >= 0.6 is 0 Å². The van der Waals surface area contributed by atoms with Crippen molar-refractivity contribution in [3.05, 3.63) is 35.4 Å². The van der Waals surface area contributed by atoms with Crippen molar-refractivity contribution in [1.29, 1.82) is 0 Å². The van der Waals surface area contributed by atoms with E-state index in [4.69, 9.17) is 10.5 Å². The molecule has 4 nitrogen and oxygen atoms in total. The first kappa shape index (κ1) is 14.5. The van der Waals surface area contributed by atoms with Crippen LogP contribution in [0.25, 0.3) is 0 Å². The standard InChI is InChI=1S/C12H16F2N2O2/c1-16(12(17)8-18-5-4-15)7-9-2-3-10(13)11(14)6-9/h2-3,6H,4-5,7-8,15H2,1H3. The van der Waals surface area contributed by atoms with Crippen molar-refractivity contribution in [1.82, 2.24) is 4.90 Å². The van der Waals surface area contributed by atoms with E-state index < -0.39 is 11.6 Å². The van der Waals surface area contributed by atoms with Gasteiger partial charge in [-0.2, -0.15) is 0 Å². The molecule has 0 saturated heterocycles. The Balaban J connectivity index is 2.50. The summed E-state index contributed by atoms with van der Waals surface area (Å²) in [6.45, 7) is 0.782. The van der Waals surface area contributed by atoms with Crippen LogP contribution in [0.2, 0.25) is 0 Å². The van der Waals surface area contributed by atoms with E-state index in [0.717, 1.165) is 12.1 Å². The van der Waals surface area contributed by atoms with E-state index in [1.165, 1.54) is 11.0 Å². The molecule has 1 aromatic carbocycles. The molecule has 18 heavy (non-hydrogen) atoms. The molecule has 0 spiro atoms. The SMILES string of the molecule is CN(Cc1ccc(F)c(F)c1)C(=O)COCCN. The summed E-state index contributed by atoms with van der Waals surface area (Å²) in [6.07, 6.45) is 0. The van der Waals surface area contributed by atoms with Crippen LogP contribution in [0.4, 0.5) is 8.78 Å². The molecule has 0 aliphatic carbocycles. The molecule has 0 aromatic heterocycles. The molecule has 0 fully saturated rings. The summed E-state index contributed by atoms with van der Waals surface area (Å²) in [7, 11) is 1.56. The lowest BCUT2D eigenvalue weighted by Crippen LogP contribution is -2.30. The van der Waals surface area contributed by atoms with E-state index in [1.54, 1.807) is 7.05 Å². The lowest BCUT2D eigenvalue weighted by Gasteiger charge is -2.17. The van der Waals surface area contributed by atoms with Crippen molar-refractivity contribution in [3.63, 3.8) is 0 Å². The molecule has 100 valence electrons. The first-order valence-electron chi connectivity index (χ1n) is 5.50. The average molecular weight is 258 g/mol. The minimum atomic E-state index is -0.923. The van der Waals surface area contributed by atoms with Crippen molar-refractivity contribution in [2.45, 2.75) is 6.54 Å². The van der Waals surface area contributed by atoms with Crippen molar-refractivity contribution < 1.29 is 18.3 Å². The highest BCUT2D eigenvalue weighted by Crippen LogP contribution is 2.10. The number of halogens is 2. The normalized spacial score (nSPS) is 10.4. The highest BCUT2D eigenvalue weighted by molar-refractivity contribution is 5.77. The third kappa shape index (κ3) is 4.38. The van der Waals surface area contributed by atoms with Gasteiger partial charge in [0.05, 0.1) is 6.61 Å². The number of hydrogen-bond acceptors (Lipinski definition) is 3. The van der Waals surface area contributed by atoms with Crippen LogP contribution in [0.3, 0.4) is 0 Å². The number of nitrogens with two attached hydrogens (primary N) is 1. The minimum Gasteiger partial charge on any atom is -0.370 e. The van der Waals surface area contributed by atoms with Crippen LogP contribution in [-0.4, -0.2) is 37.6 Å². The zero-order valence-corrected chi connectivity index (χ0v) is 10.2. The van der Waals surface area contributed by atoms with Crippen LogP contribution < -0.4 is 5.73 Å². The third-order valence-electron chi connectivity index (χ3n) is 2.32. The number of carbonyl (C=O) groups excluding carboxylic acids is 1. The van der Waals surface area contributed by atoms with Crippen molar-refractivity contribution in [2.24, 2.45) is 5.73 Å². The third-order valence-corrected chi connectivity index (χ3v) is 2.32. The van der Waals surface area contributed by atoms with Crippen molar-refractivity contribution in [3.8, 4) is 0 Å². The Bertz CT molecular complexity index is 413. The van der Waals surface area contributed by atoms with E-state index in [2.05, 4.69) is 0 Å². The number of benzene rings is 1. The topological polar surface area (TPSA) is 55.6 Å². The van der Waals surface area contributed by atoms with Crippen LogP contribution in [0.5, 0.6) is 0 Å². The Hall–Kier alpha value is -1.53. The van der Waals surface area contributed by atoms with Gasteiger partial charge in [-0.05, 0) is 17.7 Å². The van der Waals surface area contributed by atoms with Gasteiger partial charge in [-0.15, -0.1) is 0 Å². The zero-order chi connectivity index (χ0) is 13.5. The Morgan fingerprint density at radius 3 is 2.72 bits per heavy atom. The fourth-order valence-electron chi connectivity index (χ4n) is 1.35. The maximum Gasteiger partial charge on any atom is 0.248 e. The molecule has 0 atom stereocenters. The lowest BCUT2D eigenvalue weighted by molar-refractivity contribution is -0.135. The van der Waals surface area contributed by atoms with Crippen LogP contribution in [0.15, 0.2) is 18.2 Å². The highest BCUT2D eigenvalue weighted by Gasteiger charge is 2.10. The van der Waals surface area contributed by atoms with Crippen LogP contribution in [0, 0.1) is 11.6 Å². The molecule has 2 N–H and O–H groups in total. The Morgan fingerprint density at radius 2 is 2.11 bits per heavy atom. The molecule has 0 aliphatic rings. The van der Waals surface area contributed by atoms with Gasteiger partial charge in [0.1, 0.15) is 6.61 Å². The molecule has 0 saturated carbocycles. The molecule has 0 bridgehead atoms. The molecular weight excluding hydrogens is 242 g/mol. The van der Waals surface area contributed by atoms with Gasteiger partial charge in [-0.25, -0.2) is 8.78 Å². The number of amides is 1. The van der Waals surface area contributed by atoms with Gasteiger partial charge >= 0.3 is 0 Å². The van der Waals surface area contributed by atoms with Gasteiger partial charge < -0.3 is 15.4 Å². The number of ether oxygens (including phenoxy) is 1. The van der Waals surface area contributed by atoms with Crippen LogP contribution in [0.1, 0.15) is 5.56 Å². The summed E-state index contributed by atoms with van der Waals surface area (Å²) in [6, 6.07) is 3.54. The predicted octanol–water partition coefficient (Wildman–Crippen LogP) is 0.899. The monoisotopic (exact) mass is 258 g/mol. The number of rotatable bonds is 6. The summed E-state index contributed by atoms with van der Waals surface area (Å²) >= 11 is 0. The fraction of sp³-hybridized carbons (Fsp3) is 0.417. The smallest absolute Gasteiger partial charge is 0.248 e.